The average Bonchev–Trinajstić information content (AvgIpc) is 3.01. The molecule has 0 aliphatic rings. The van der Waals surface area contributed by atoms with Gasteiger partial charge in [-0.3, -0.25) is 0 Å². The Hall–Kier alpha value is -2.81. The van der Waals surface area contributed by atoms with E-state index in [9.17, 15) is 0 Å². The molecule has 0 aromatic heterocycles. The van der Waals surface area contributed by atoms with Crippen LogP contribution in [0, 0.1) is 0 Å². The maximum atomic E-state index is 2.53. The van der Waals surface area contributed by atoms with Gasteiger partial charge < -0.3 is 4.48 Å². The van der Waals surface area contributed by atoms with Gasteiger partial charge >= 0.3 is 0 Å². The van der Waals surface area contributed by atoms with Crippen LogP contribution in [-0.2, 0) is 0 Å². The molecule has 0 heterocycles. The lowest BCUT2D eigenvalue weighted by molar-refractivity contribution is -0.921. The van der Waals surface area contributed by atoms with E-state index in [0.717, 1.165) is 0 Å². The molecule has 0 saturated carbocycles. The molecule has 0 spiro atoms. The van der Waals surface area contributed by atoms with Crippen molar-refractivity contribution in [1.29, 1.82) is 0 Å². The Morgan fingerprint density at radius 2 is 0.816 bits per heavy atom. The van der Waals surface area contributed by atoms with E-state index < -0.39 is 7.94 Å². The first kappa shape index (κ1) is 31.4. The third-order valence-electron chi connectivity index (χ3n) is 8.92. The van der Waals surface area contributed by atoms with Crippen LogP contribution < -0.4 is 21.3 Å². The van der Waals surface area contributed by atoms with Crippen LogP contribution in [0.25, 0.3) is 0 Å². The van der Waals surface area contributed by atoms with Crippen molar-refractivity contribution in [3.8, 4) is 0 Å². The van der Waals surface area contributed by atoms with Crippen LogP contribution in [-0.4, -0.2) is 52.8 Å². The quantitative estimate of drug-likeness (QED) is 0.228. The van der Waals surface area contributed by atoms with Crippen LogP contribution in [0.5, 0.6) is 0 Å². The fourth-order valence-electron chi connectivity index (χ4n) is 5.65. The third kappa shape index (κ3) is 9.49. The van der Waals surface area contributed by atoms with Crippen molar-refractivity contribution in [1.82, 2.24) is 0 Å². The Morgan fingerprint density at radius 3 is 1.08 bits per heavy atom. The fraction of sp³-hybridized carbons (Fsp3) is 0.294. The van der Waals surface area contributed by atoms with E-state index in [1.165, 1.54) is 36.1 Å². The van der Waals surface area contributed by atoms with Gasteiger partial charge in [-0.05, 0) is 42.9 Å². The van der Waals surface area contributed by atoms with E-state index in [4.69, 9.17) is 0 Å². The first-order valence-corrected chi connectivity index (χ1v) is 18.2. The largest absolute Gasteiger partial charge is 0.325 e. The summed E-state index contributed by atoms with van der Waals surface area (Å²) in [4.78, 5) is 0. The summed E-state index contributed by atoms with van der Waals surface area (Å²) in [5.41, 5.74) is 3.09. The number of quaternary nitrogens is 1. The van der Waals surface area contributed by atoms with E-state index >= 15 is 0 Å². The van der Waals surface area contributed by atoms with Gasteiger partial charge in [0, 0.05) is 6.87 Å². The van der Waals surface area contributed by atoms with E-state index in [-0.39, 0.29) is 14.2 Å². The number of nitrogens with zero attached hydrogens (tertiary/aromatic N) is 1. The van der Waals surface area contributed by atoms with Crippen molar-refractivity contribution < 1.29 is 4.48 Å². The van der Waals surface area contributed by atoms with Crippen LogP contribution in [0.1, 0.15) is 27.7 Å². The highest BCUT2D eigenvalue weighted by atomic mass is 28.3. The van der Waals surface area contributed by atoms with Crippen LogP contribution >= 0.6 is 0 Å². The monoisotopic (exact) mass is 522 g/mol. The first-order chi connectivity index (χ1) is 18.5. The number of benzene rings is 4. The highest BCUT2D eigenvalue weighted by molar-refractivity contribution is 7.40. The van der Waals surface area contributed by atoms with Crippen molar-refractivity contribution in [2.75, 3.05) is 26.2 Å². The van der Waals surface area contributed by atoms with Gasteiger partial charge in [0.2, 0.25) is 0 Å². The SMILES string of the molecule is CC[N+](CC)(CC)CC.C[BH2-]c1ccccc1.C[Si]([BH2-]c1ccccc1)(c1ccccc1)c1ccccc1. The summed E-state index contributed by atoms with van der Waals surface area (Å²) >= 11 is 0. The van der Waals surface area contributed by atoms with Gasteiger partial charge in [0.15, 0.2) is 0 Å². The second-order valence-electron chi connectivity index (χ2n) is 11.0. The lowest BCUT2D eigenvalue weighted by Gasteiger charge is -2.35. The van der Waals surface area contributed by atoms with Crippen LogP contribution in [0.3, 0.4) is 0 Å². The zero-order chi connectivity index (χ0) is 27.7. The van der Waals surface area contributed by atoms with Gasteiger partial charge in [0.05, 0.1) is 26.2 Å². The number of rotatable bonds is 9. The zero-order valence-corrected chi connectivity index (χ0v) is 26.3. The van der Waals surface area contributed by atoms with Crippen LogP contribution in [0.2, 0.25) is 13.4 Å². The molecule has 0 aliphatic carbocycles. The van der Waals surface area contributed by atoms with E-state index in [1.54, 1.807) is 15.8 Å². The summed E-state index contributed by atoms with van der Waals surface area (Å²) in [5, 5.41) is 3.11. The van der Waals surface area contributed by atoms with E-state index in [2.05, 4.69) is 162 Å². The second kappa shape index (κ2) is 16.9. The number of hydrogen-bond acceptors (Lipinski definition) is 0. The zero-order valence-electron chi connectivity index (χ0n) is 25.3. The predicted octanol–water partition coefficient (Wildman–Crippen LogP) is 4.28. The highest BCUT2D eigenvalue weighted by Gasteiger charge is 2.24. The molecule has 0 bridgehead atoms. The minimum absolute atomic E-state index is 0.196. The molecular weight excluding hydrogens is 472 g/mol. The normalized spacial score (nSPS) is 11.0. The topological polar surface area (TPSA) is 0 Å². The van der Waals surface area contributed by atoms with Crippen molar-refractivity contribution in [2.45, 2.75) is 41.1 Å². The molecule has 0 atom stereocenters. The molecule has 0 fully saturated rings. The van der Waals surface area contributed by atoms with Crippen molar-refractivity contribution in [3.05, 3.63) is 121 Å². The summed E-state index contributed by atoms with van der Waals surface area (Å²) in [6.45, 7) is 18.8. The maximum Gasteiger partial charge on any atom is 0.0757 e. The fourth-order valence-corrected chi connectivity index (χ4v) is 10.1. The summed E-state index contributed by atoms with van der Waals surface area (Å²) in [6, 6.07) is 44.0. The van der Waals surface area contributed by atoms with Crippen LogP contribution in [0.15, 0.2) is 121 Å². The molecule has 4 rings (SSSR count). The summed E-state index contributed by atoms with van der Waals surface area (Å²) < 4.78 is 1.28. The minimum Gasteiger partial charge on any atom is -0.325 e. The Morgan fingerprint density at radius 1 is 0.500 bits per heavy atom. The second-order valence-corrected chi connectivity index (χ2v) is 15.9. The highest BCUT2D eigenvalue weighted by Crippen LogP contribution is 2.05. The Balaban J connectivity index is 0.000000246. The van der Waals surface area contributed by atoms with Gasteiger partial charge in [0.1, 0.15) is 0 Å². The summed E-state index contributed by atoms with van der Waals surface area (Å²) in [6.07, 6.45) is 0. The molecule has 1 nitrogen and oxygen atoms in total. The molecule has 38 heavy (non-hydrogen) atoms. The molecule has 0 N–H and O–H groups in total. The maximum absolute atomic E-state index is 2.53. The summed E-state index contributed by atoms with van der Waals surface area (Å²) in [7, 11) is -1.42. The Bertz CT molecular complexity index is 1060. The molecule has 0 saturated heterocycles. The minimum atomic E-state index is -1.62. The molecular formula is C34H50B2NSi-. The molecule has 0 radical (unpaired) electrons. The third-order valence-corrected chi connectivity index (χ3v) is 14.1. The van der Waals surface area contributed by atoms with Crippen molar-refractivity contribution >= 4 is 43.4 Å². The van der Waals surface area contributed by atoms with E-state index in [1.807, 2.05) is 0 Å². The smallest absolute Gasteiger partial charge is 0.0757 e. The lowest BCUT2D eigenvalue weighted by Crippen LogP contribution is -2.63. The Labute approximate surface area is 236 Å². The molecule has 0 aliphatic heterocycles. The van der Waals surface area contributed by atoms with Crippen LogP contribution in [0.4, 0.5) is 0 Å². The molecule has 202 valence electrons. The number of hydrogen-bond donors (Lipinski definition) is 0. The van der Waals surface area contributed by atoms with Gasteiger partial charge in [-0.2, -0.15) is 6.82 Å². The molecule has 4 heteroatoms. The summed E-state index contributed by atoms with van der Waals surface area (Å²) in [5.74, 6) is 0. The molecule has 4 aromatic rings. The predicted molar refractivity (Wildman–Crippen MR) is 181 cm³/mol. The molecule has 4 aromatic carbocycles. The standard InChI is InChI=1S/C19H20BSi.C8H20N.C7H10B/c1-21(18-13-7-3-8-14-18,19-15-9-4-10-16-19)20-17-11-5-2-6-12-17;1-5-9(6-2,7-3)8-4;1-8-7-5-3-2-4-6-7/h2-16H,20H2,1H3;5-8H2,1-4H3;2-6H,8H2,1H3/q-1;+1;-1. The Kier molecular flexibility index (Phi) is 14.0. The van der Waals surface area contributed by atoms with Crippen molar-refractivity contribution in [3.63, 3.8) is 0 Å². The first-order valence-electron chi connectivity index (χ1n) is 15.2. The molecule has 0 unspecified atom stereocenters. The lowest BCUT2D eigenvalue weighted by atomic mass is 9.74. The van der Waals surface area contributed by atoms with E-state index in [0.29, 0.717) is 0 Å². The van der Waals surface area contributed by atoms with Crippen molar-refractivity contribution in [2.24, 2.45) is 0 Å². The van der Waals surface area contributed by atoms with Gasteiger partial charge in [-0.25, -0.2) is 10.9 Å². The van der Waals surface area contributed by atoms with Gasteiger partial charge in [0.25, 0.3) is 0 Å². The average molecular weight is 522 g/mol. The van der Waals surface area contributed by atoms with Gasteiger partial charge in [-0.1, -0.05) is 138 Å². The van der Waals surface area contributed by atoms with Gasteiger partial charge in [-0.15, -0.1) is 0 Å². The molecule has 0 amide bonds.